The number of amides is 2. The lowest BCUT2D eigenvalue weighted by Gasteiger charge is -2.42. The van der Waals surface area contributed by atoms with Crippen LogP contribution in [0.2, 0.25) is 0 Å². The molecular formula is C31H36N2O2. The molecule has 182 valence electrons. The molecule has 0 bridgehead atoms. The number of hydrogen-bond acceptors (Lipinski definition) is 2. The summed E-state index contributed by atoms with van der Waals surface area (Å²) in [6.45, 7) is 0.393. The molecule has 4 heteroatoms. The highest BCUT2D eigenvalue weighted by molar-refractivity contribution is 5.89. The first-order chi connectivity index (χ1) is 17.2. The predicted molar refractivity (Wildman–Crippen MR) is 141 cm³/mol. The van der Waals surface area contributed by atoms with Gasteiger partial charge in [0.2, 0.25) is 12.3 Å². The van der Waals surface area contributed by atoms with Gasteiger partial charge < -0.3 is 10.2 Å². The second-order valence-electron chi connectivity index (χ2n) is 9.71. The van der Waals surface area contributed by atoms with Crippen molar-refractivity contribution in [1.29, 1.82) is 0 Å². The third-order valence-electron chi connectivity index (χ3n) is 7.25. The number of aryl methyl sites for hydroxylation is 1. The lowest BCUT2D eigenvalue weighted by molar-refractivity contribution is -0.143. The molecule has 0 aliphatic heterocycles. The molecular weight excluding hydrogens is 432 g/mol. The molecule has 1 saturated carbocycles. The van der Waals surface area contributed by atoms with Crippen molar-refractivity contribution in [1.82, 2.24) is 10.2 Å². The van der Waals surface area contributed by atoms with Gasteiger partial charge in [0.15, 0.2) is 0 Å². The summed E-state index contributed by atoms with van der Waals surface area (Å²) in [6.07, 6.45) is 8.14. The molecule has 4 rings (SSSR count). The van der Waals surface area contributed by atoms with Crippen molar-refractivity contribution >= 4 is 12.3 Å². The molecule has 1 N–H and O–H groups in total. The van der Waals surface area contributed by atoms with Crippen molar-refractivity contribution in [3.63, 3.8) is 0 Å². The van der Waals surface area contributed by atoms with Crippen LogP contribution in [0.5, 0.6) is 0 Å². The Labute approximate surface area is 209 Å². The van der Waals surface area contributed by atoms with Crippen molar-refractivity contribution < 1.29 is 9.59 Å². The summed E-state index contributed by atoms with van der Waals surface area (Å²) >= 11 is 0. The van der Waals surface area contributed by atoms with Crippen LogP contribution < -0.4 is 5.32 Å². The van der Waals surface area contributed by atoms with Crippen molar-refractivity contribution in [2.24, 2.45) is 0 Å². The summed E-state index contributed by atoms with van der Waals surface area (Å²) < 4.78 is 0. The number of rotatable bonds is 11. The Hall–Kier alpha value is -3.40. The van der Waals surface area contributed by atoms with E-state index in [9.17, 15) is 9.59 Å². The number of nitrogens with zero attached hydrogens (tertiary/aromatic N) is 1. The number of hydrogen-bond donors (Lipinski definition) is 1. The van der Waals surface area contributed by atoms with Crippen LogP contribution in [-0.2, 0) is 29.0 Å². The van der Waals surface area contributed by atoms with E-state index in [1.165, 1.54) is 12.0 Å². The fraction of sp³-hybridized carbons (Fsp3) is 0.355. The summed E-state index contributed by atoms with van der Waals surface area (Å²) in [5.74, 6) is -0.0350. The third kappa shape index (κ3) is 6.60. The monoisotopic (exact) mass is 468 g/mol. The van der Waals surface area contributed by atoms with Crippen LogP contribution in [0.15, 0.2) is 91.0 Å². The van der Waals surface area contributed by atoms with Gasteiger partial charge in [0.05, 0.1) is 0 Å². The SMILES string of the molecule is O=CN(Cc1ccccc1)[C@](CCc1ccccc1)(Cc1ccccc1)C(=O)NC1CCCCC1. The maximum Gasteiger partial charge on any atom is 0.246 e. The Balaban J connectivity index is 1.71. The van der Waals surface area contributed by atoms with Gasteiger partial charge in [-0.2, -0.15) is 0 Å². The van der Waals surface area contributed by atoms with Gasteiger partial charge in [-0.25, -0.2) is 0 Å². The molecule has 0 heterocycles. The molecule has 3 aromatic rings. The summed E-state index contributed by atoms with van der Waals surface area (Å²) in [4.78, 5) is 28.7. The van der Waals surface area contributed by atoms with E-state index < -0.39 is 5.54 Å². The Kier molecular flexibility index (Phi) is 8.72. The van der Waals surface area contributed by atoms with E-state index in [1.807, 2.05) is 66.7 Å². The summed E-state index contributed by atoms with van der Waals surface area (Å²) in [5.41, 5.74) is 2.24. The van der Waals surface area contributed by atoms with Crippen LogP contribution in [-0.4, -0.2) is 28.8 Å². The van der Waals surface area contributed by atoms with Gasteiger partial charge >= 0.3 is 0 Å². The molecule has 1 aliphatic carbocycles. The Bertz CT molecular complexity index is 1050. The van der Waals surface area contributed by atoms with Crippen LogP contribution in [0.4, 0.5) is 0 Å². The van der Waals surface area contributed by atoms with Crippen molar-refractivity contribution in [3.8, 4) is 0 Å². The first kappa shape index (κ1) is 24.7. The van der Waals surface area contributed by atoms with Crippen LogP contribution in [0.3, 0.4) is 0 Å². The number of carbonyl (C=O) groups is 2. The lowest BCUT2D eigenvalue weighted by atomic mass is 9.81. The minimum absolute atomic E-state index is 0.0350. The molecule has 0 unspecified atom stereocenters. The quantitative estimate of drug-likeness (QED) is 0.367. The molecule has 1 aliphatic rings. The van der Waals surface area contributed by atoms with Gasteiger partial charge in [-0.15, -0.1) is 0 Å². The Morgan fingerprint density at radius 1 is 0.800 bits per heavy atom. The van der Waals surface area contributed by atoms with Crippen molar-refractivity contribution in [2.75, 3.05) is 0 Å². The highest BCUT2D eigenvalue weighted by atomic mass is 16.2. The molecule has 0 radical (unpaired) electrons. The lowest BCUT2D eigenvalue weighted by Crippen LogP contribution is -2.61. The molecule has 1 fully saturated rings. The average molecular weight is 469 g/mol. The van der Waals surface area contributed by atoms with E-state index in [1.54, 1.807) is 4.90 Å². The highest BCUT2D eigenvalue weighted by Crippen LogP contribution is 2.30. The van der Waals surface area contributed by atoms with Gasteiger partial charge in [-0.05, 0) is 42.4 Å². The van der Waals surface area contributed by atoms with E-state index in [4.69, 9.17) is 0 Å². The van der Waals surface area contributed by atoms with Crippen LogP contribution in [0.1, 0.15) is 55.2 Å². The maximum absolute atomic E-state index is 14.2. The summed E-state index contributed by atoms with van der Waals surface area (Å²) in [5, 5.41) is 3.38. The van der Waals surface area contributed by atoms with E-state index in [-0.39, 0.29) is 11.9 Å². The smallest absolute Gasteiger partial charge is 0.246 e. The normalized spacial score (nSPS) is 15.7. The van der Waals surface area contributed by atoms with E-state index in [0.29, 0.717) is 25.8 Å². The van der Waals surface area contributed by atoms with Crippen LogP contribution in [0.25, 0.3) is 0 Å². The molecule has 35 heavy (non-hydrogen) atoms. The van der Waals surface area contributed by atoms with Gasteiger partial charge in [0, 0.05) is 19.0 Å². The molecule has 0 saturated heterocycles. The molecule has 1 atom stereocenters. The standard InChI is InChI=1S/C31H36N2O2/c34-25-33(24-28-17-9-3-10-18-28)31(23-27-15-7-2-8-16-27,22-21-26-13-5-1-6-14-26)30(35)32-29-19-11-4-12-20-29/h1-3,5-10,13-18,25,29H,4,11-12,19-24H2,(H,32,35)/t31-/m1/s1. The zero-order valence-corrected chi connectivity index (χ0v) is 20.4. The number of benzene rings is 3. The first-order valence-corrected chi connectivity index (χ1v) is 12.8. The van der Waals surface area contributed by atoms with E-state index >= 15 is 0 Å². The molecule has 4 nitrogen and oxygen atoms in total. The van der Waals surface area contributed by atoms with Crippen LogP contribution in [0, 0.1) is 0 Å². The van der Waals surface area contributed by atoms with Gasteiger partial charge in [0.25, 0.3) is 0 Å². The number of carbonyl (C=O) groups excluding carboxylic acids is 2. The molecule has 0 aromatic heterocycles. The second kappa shape index (κ2) is 12.3. The van der Waals surface area contributed by atoms with Crippen molar-refractivity contribution in [2.45, 2.75) is 69.5 Å². The predicted octanol–water partition coefficient (Wildman–Crippen LogP) is 5.71. The minimum Gasteiger partial charge on any atom is -0.351 e. The highest BCUT2D eigenvalue weighted by Gasteiger charge is 2.44. The Morgan fingerprint density at radius 3 is 1.91 bits per heavy atom. The summed E-state index contributed by atoms with van der Waals surface area (Å²) in [7, 11) is 0. The van der Waals surface area contributed by atoms with Crippen molar-refractivity contribution in [3.05, 3.63) is 108 Å². The maximum atomic E-state index is 14.2. The zero-order valence-electron chi connectivity index (χ0n) is 20.4. The minimum atomic E-state index is -0.994. The Morgan fingerprint density at radius 2 is 1.34 bits per heavy atom. The van der Waals surface area contributed by atoms with Gasteiger partial charge in [-0.1, -0.05) is 110 Å². The zero-order chi connectivity index (χ0) is 24.3. The second-order valence-corrected chi connectivity index (χ2v) is 9.71. The molecule has 2 amide bonds. The van der Waals surface area contributed by atoms with Gasteiger partial charge in [0.1, 0.15) is 5.54 Å². The molecule has 0 spiro atoms. The van der Waals surface area contributed by atoms with Crippen LogP contribution >= 0.6 is 0 Å². The third-order valence-corrected chi connectivity index (χ3v) is 7.25. The largest absolute Gasteiger partial charge is 0.351 e. The van der Waals surface area contributed by atoms with E-state index in [0.717, 1.165) is 43.2 Å². The summed E-state index contributed by atoms with van der Waals surface area (Å²) in [6, 6.07) is 30.4. The van der Waals surface area contributed by atoms with Gasteiger partial charge in [-0.3, -0.25) is 9.59 Å². The topological polar surface area (TPSA) is 49.4 Å². The average Bonchev–Trinajstić information content (AvgIpc) is 2.92. The van der Waals surface area contributed by atoms with E-state index in [2.05, 4.69) is 29.6 Å². The fourth-order valence-corrected chi connectivity index (χ4v) is 5.22. The number of nitrogens with one attached hydrogen (secondary N) is 1. The fourth-order valence-electron chi connectivity index (χ4n) is 5.22. The molecule has 3 aromatic carbocycles. The first-order valence-electron chi connectivity index (χ1n) is 12.8.